The molecule has 0 amide bonds. The van der Waals surface area contributed by atoms with Crippen molar-refractivity contribution in [2.45, 2.75) is 18.0 Å². The second kappa shape index (κ2) is 6.70. The molecule has 0 saturated carbocycles. The molecule has 1 aromatic carbocycles. The van der Waals surface area contributed by atoms with E-state index < -0.39 is 10.0 Å². The van der Waals surface area contributed by atoms with Crippen LogP contribution in [0.5, 0.6) is 0 Å². The van der Waals surface area contributed by atoms with E-state index >= 15 is 0 Å². The van der Waals surface area contributed by atoms with Crippen LogP contribution in [0.25, 0.3) is 0 Å². The van der Waals surface area contributed by atoms with Crippen molar-refractivity contribution in [3.8, 4) is 0 Å². The molecule has 1 aromatic heterocycles. The molecular weight excluding hydrogens is 294 g/mol. The predicted octanol–water partition coefficient (Wildman–Crippen LogP) is 0.823. The smallest absolute Gasteiger partial charge is 0.265 e. The van der Waals surface area contributed by atoms with Gasteiger partial charge in [0.25, 0.3) is 10.0 Å². The van der Waals surface area contributed by atoms with E-state index in [2.05, 4.69) is 9.82 Å². The Bertz CT molecular complexity index is 697. The van der Waals surface area contributed by atoms with Gasteiger partial charge in [0.1, 0.15) is 4.90 Å². The summed E-state index contributed by atoms with van der Waals surface area (Å²) in [4.78, 5) is 0.0446. The molecule has 114 valence electrons. The molecule has 0 aliphatic rings. The van der Waals surface area contributed by atoms with Gasteiger partial charge < -0.3 is 9.84 Å². The Kier molecular flexibility index (Phi) is 4.94. The first-order chi connectivity index (χ1) is 10.1. The fraction of sp³-hybridized carbons (Fsp3) is 0.308. The van der Waals surface area contributed by atoms with Crippen LogP contribution in [-0.4, -0.2) is 37.0 Å². The van der Waals surface area contributed by atoms with Crippen LogP contribution in [0, 0.1) is 0 Å². The summed E-state index contributed by atoms with van der Waals surface area (Å²) < 4.78 is 33.6. The highest BCUT2D eigenvalue weighted by Gasteiger charge is 2.18. The Balaban J connectivity index is 2.24. The lowest BCUT2D eigenvalue weighted by Crippen LogP contribution is -2.14. The molecule has 0 aliphatic carbocycles. The van der Waals surface area contributed by atoms with Crippen molar-refractivity contribution in [3.05, 3.63) is 42.2 Å². The van der Waals surface area contributed by atoms with E-state index in [1.54, 1.807) is 25.3 Å². The predicted molar refractivity (Wildman–Crippen MR) is 77.3 cm³/mol. The first-order valence-corrected chi connectivity index (χ1v) is 7.78. The number of hydrogen-bond acceptors (Lipinski definition) is 5. The van der Waals surface area contributed by atoms with Gasteiger partial charge in [-0.2, -0.15) is 5.10 Å². The maximum absolute atomic E-state index is 12.3. The summed E-state index contributed by atoms with van der Waals surface area (Å²) in [5.74, 6) is 0. The number of aliphatic hydroxyl groups is 1. The van der Waals surface area contributed by atoms with Crippen LogP contribution >= 0.6 is 0 Å². The zero-order chi connectivity index (χ0) is 15.3. The van der Waals surface area contributed by atoms with Gasteiger partial charge in [-0.1, -0.05) is 18.2 Å². The molecule has 0 radical (unpaired) electrons. The second-order valence-corrected chi connectivity index (χ2v) is 6.04. The van der Waals surface area contributed by atoms with Crippen LogP contribution in [-0.2, 0) is 27.9 Å². The Labute approximate surface area is 123 Å². The fourth-order valence-electron chi connectivity index (χ4n) is 1.81. The van der Waals surface area contributed by atoms with E-state index in [0.717, 1.165) is 5.56 Å². The van der Waals surface area contributed by atoms with Gasteiger partial charge in [-0.25, -0.2) is 8.42 Å². The van der Waals surface area contributed by atoms with Crippen molar-refractivity contribution in [2.75, 3.05) is 18.4 Å². The average Bonchev–Trinajstić information content (AvgIpc) is 2.91. The third kappa shape index (κ3) is 3.81. The molecule has 0 spiro atoms. The minimum atomic E-state index is -3.72. The summed E-state index contributed by atoms with van der Waals surface area (Å²) >= 11 is 0. The van der Waals surface area contributed by atoms with Crippen LogP contribution < -0.4 is 4.72 Å². The van der Waals surface area contributed by atoms with E-state index in [1.807, 2.05) is 6.07 Å². The molecule has 0 saturated heterocycles. The number of ether oxygens (including phenoxy) is 1. The number of methoxy groups -OCH3 is 1. The Morgan fingerprint density at radius 1 is 1.38 bits per heavy atom. The Hall–Kier alpha value is -1.90. The molecule has 0 bridgehead atoms. The van der Waals surface area contributed by atoms with Crippen molar-refractivity contribution < 1.29 is 18.3 Å². The normalized spacial score (nSPS) is 11.5. The Morgan fingerprint density at radius 2 is 2.14 bits per heavy atom. The third-order valence-corrected chi connectivity index (χ3v) is 4.13. The summed E-state index contributed by atoms with van der Waals surface area (Å²) in [7, 11) is -2.18. The largest absolute Gasteiger partial charge is 0.394 e. The number of anilines is 1. The van der Waals surface area contributed by atoms with Crippen LogP contribution in [0.15, 0.2) is 41.6 Å². The molecule has 2 N–H and O–H groups in total. The Morgan fingerprint density at radius 3 is 2.86 bits per heavy atom. The zero-order valence-corrected chi connectivity index (χ0v) is 12.4. The summed E-state index contributed by atoms with van der Waals surface area (Å²) in [6, 6.07) is 7.01. The molecule has 21 heavy (non-hydrogen) atoms. The first-order valence-electron chi connectivity index (χ1n) is 6.30. The maximum Gasteiger partial charge on any atom is 0.265 e. The molecule has 0 fully saturated rings. The lowest BCUT2D eigenvalue weighted by atomic mass is 10.2. The van der Waals surface area contributed by atoms with Gasteiger partial charge in [0.05, 0.1) is 31.6 Å². The fourth-order valence-corrected chi connectivity index (χ4v) is 2.87. The minimum Gasteiger partial charge on any atom is -0.394 e. The molecule has 0 aliphatic heterocycles. The molecule has 0 atom stereocenters. The number of aliphatic hydroxyl groups excluding tert-OH is 1. The number of nitrogens with zero attached hydrogens (tertiary/aromatic N) is 2. The third-order valence-electron chi connectivity index (χ3n) is 2.81. The number of para-hydroxylation sites is 1. The topological polar surface area (TPSA) is 93.5 Å². The standard InChI is InChI=1S/C13H17N3O4S/c1-20-10-11-4-2-3-5-13(11)15-21(18,19)12-8-14-16(9-12)6-7-17/h2-5,8-9,15,17H,6-7,10H2,1H3. The molecule has 2 rings (SSSR count). The summed E-state index contributed by atoms with van der Waals surface area (Å²) in [5, 5.41) is 12.7. The van der Waals surface area contributed by atoms with E-state index in [9.17, 15) is 8.42 Å². The van der Waals surface area contributed by atoms with Crippen LogP contribution in [0.2, 0.25) is 0 Å². The summed E-state index contributed by atoms with van der Waals surface area (Å²) in [6.07, 6.45) is 2.62. The molecule has 7 nitrogen and oxygen atoms in total. The SMILES string of the molecule is COCc1ccccc1NS(=O)(=O)c1cnn(CCO)c1. The number of hydrogen-bond donors (Lipinski definition) is 2. The minimum absolute atomic E-state index is 0.0446. The van der Waals surface area contributed by atoms with Gasteiger partial charge in [0.15, 0.2) is 0 Å². The highest BCUT2D eigenvalue weighted by molar-refractivity contribution is 7.92. The van der Waals surface area contributed by atoms with Crippen molar-refractivity contribution >= 4 is 15.7 Å². The number of rotatable bonds is 7. The van der Waals surface area contributed by atoms with E-state index in [-0.39, 0.29) is 18.0 Å². The lowest BCUT2D eigenvalue weighted by molar-refractivity contribution is 0.185. The van der Waals surface area contributed by atoms with Crippen LogP contribution in [0.3, 0.4) is 0 Å². The zero-order valence-electron chi connectivity index (χ0n) is 11.6. The van der Waals surface area contributed by atoms with Crippen molar-refractivity contribution in [3.63, 3.8) is 0 Å². The van der Waals surface area contributed by atoms with Crippen molar-refractivity contribution in [1.29, 1.82) is 0 Å². The molecule has 8 heteroatoms. The quantitative estimate of drug-likeness (QED) is 0.789. The number of benzene rings is 1. The van der Waals surface area contributed by atoms with Gasteiger partial charge in [-0.05, 0) is 6.07 Å². The number of nitrogens with one attached hydrogen (secondary N) is 1. The van der Waals surface area contributed by atoms with Crippen LogP contribution in [0.1, 0.15) is 5.56 Å². The van der Waals surface area contributed by atoms with Crippen molar-refractivity contribution in [2.24, 2.45) is 0 Å². The molecular formula is C13H17N3O4S. The number of sulfonamides is 1. The molecule has 1 heterocycles. The lowest BCUT2D eigenvalue weighted by Gasteiger charge is -2.11. The van der Waals surface area contributed by atoms with E-state index in [1.165, 1.54) is 17.1 Å². The van der Waals surface area contributed by atoms with Gasteiger partial charge in [0.2, 0.25) is 0 Å². The summed E-state index contributed by atoms with van der Waals surface area (Å²) in [5.41, 5.74) is 1.21. The van der Waals surface area contributed by atoms with E-state index in [0.29, 0.717) is 12.3 Å². The van der Waals surface area contributed by atoms with Gasteiger partial charge in [-0.15, -0.1) is 0 Å². The molecule has 0 unspecified atom stereocenters. The molecule has 2 aromatic rings. The van der Waals surface area contributed by atoms with E-state index in [4.69, 9.17) is 9.84 Å². The van der Waals surface area contributed by atoms with Crippen molar-refractivity contribution in [1.82, 2.24) is 9.78 Å². The van der Waals surface area contributed by atoms with Gasteiger partial charge >= 0.3 is 0 Å². The van der Waals surface area contributed by atoms with Gasteiger partial charge in [-0.3, -0.25) is 9.40 Å². The van der Waals surface area contributed by atoms with Gasteiger partial charge in [0, 0.05) is 18.9 Å². The highest BCUT2D eigenvalue weighted by Crippen LogP contribution is 2.20. The van der Waals surface area contributed by atoms with Crippen LogP contribution in [0.4, 0.5) is 5.69 Å². The summed E-state index contributed by atoms with van der Waals surface area (Å²) in [6.45, 7) is 0.448. The number of aromatic nitrogens is 2. The maximum atomic E-state index is 12.3. The monoisotopic (exact) mass is 311 g/mol. The highest BCUT2D eigenvalue weighted by atomic mass is 32.2. The second-order valence-electron chi connectivity index (χ2n) is 4.36. The average molecular weight is 311 g/mol. The first kappa shape index (κ1) is 15.5.